The third-order valence-electron chi connectivity index (χ3n) is 5.90. The SMILES string of the molecule is CCOc1ccc(OCC)c(Sc2nc3c(N)ncnc3n2CCC2CCN(C(=O)O)CC2)c1. The van der Waals surface area contributed by atoms with Gasteiger partial charge in [-0.3, -0.25) is 0 Å². The number of amides is 1. The van der Waals surface area contributed by atoms with Crippen LogP contribution in [0, 0.1) is 5.92 Å². The number of aryl methyl sites for hydroxylation is 1. The Morgan fingerprint density at radius 3 is 2.68 bits per heavy atom. The van der Waals surface area contributed by atoms with E-state index in [0.717, 1.165) is 40.8 Å². The molecule has 1 aromatic carbocycles. The highest BCUT2D eigenvalue weighted by Crippen LogP contribution is 2.39. The van der Waals surface area contributed by atoms with Gasteiger partial charge in [-0.2, -0.15) is 0 Å². The molecule has 0 aliphatic carbocycles. The Hall–Kier alpha value is -3.21. The summed E-state index contributed by atoms with van der Waals surface area (Å²) in [5.41, 5.74) is 7.38. The molecule has 0 atom stereocenters. The van der Waals surface area contributed by atoms with Crippen LogP contribution in [0.15, 0.2) is 34.6 Å². The first-order valence-corrected chi connectivity index (χ1v) is 12.3. The number of aromatic nitrogens is 4. The van der Waals surface area contributed by atoms with Crippen molar-refractivity contribution < 1.29 is 19.4 Å². The lowest BCUT2D eigenvalue weighted by Crippen LogP contribution is -2.37. The van der Waals surface area contributed by atoms with Crippen molar-refractivity contribution >= 4 is 34.8 Å². The predicted octanol–water partition coefficient (Wildman–Crippen LogP) is 4.14. The van der Waals surface area contributed by atoms with Gasteiger partial charge in [-0.25, -0.2) is 19.7 Å². The number of ether oxygens (including phenoxy) is 2. The van der Waals surface area contributed by atoms with E-state index < -0.39 is 6.09 Å². The van der Waals surface area contributed by atoms with Gasteiger partial charge in [-0.15, -0.1) is 0 Å². The number of benzene rings is 1. The molecular weight excluding hydrogens is 456 g/mol. The number of nitrogen functional groups attached to an aromatic ring is 1. The molecule has 0 bridgehead atoms. The highest BCUT2D eigenvalue weighted by atomic mass is 32.2. The van der Waals surface area contributed by atoms with Gasteiger partial charge in [-0.05, 0) is 69.0 Å². The minimum atomic E-state index is -0.843. The molecular formula is C23H30N6O4S. The monoisotopic (exact) mass is 486 g/mol. The molecule has 0 radical (unpaired) electrons. The number of piperidine rings is 1. The van der Waals surface area contributed by atoms with Crippen LogP contribution in [-0.4, -0.2) is 61.9 Å². The van der Waals surface area contributed by atoms with E-state index in [1.807, 2.05) is 32.0 Å². The van der Waals surface area contributed by atoms with Crippen molar-refractivity contribution in [2.45, 2.75) is 49.7 Å². The van der Waals surface area contributed by atoms with Crippen LogP contribution in [0.25, 0.3) is 11.2 Å². The first-order valence-electron chi connectivity index (χ1n) is 11.5. The zero-order chi connectivity index (χ0) is 24.1. The number of likely N-dealkylation sites (tertiary alicyclic amines) is 1. The molecule has 1 saturated heterocycles. The maximum atomic E-state index is 11.2. The van der Waals surface area contributed by atoms with Gasteiger partial charge in [0.2, 0.25) is 0 Å². The number of nitrogens with two attached hydrogens (primary N) is 1. The van der Waals surface area contributed by atoms with E-state index >= 15 is 0 Å². The quantitative estimate of drug-likeness (QED) is 0.458. The molecule has 34 heavy (non-hydrogen) atoms. The Morgan fingerprint density at radius 2 is 1.97 bits per heavy atom. The normalized spacial score (nSPS) is 14.5. The van der Waals surface area contributed by atoms with Crippen molar-refractivity contribution in [1.82, 2.24) is 24.4 Å². The summed E-state index contributed by atoms with van der Waals surface area (Å²) in [5.74, 6) is 2.30. The number of hydrogen-bond acceptors (Lipinski definition) is 8. The molecule has 3 heterocycles. The summed E-state index contributed by atoms with van der Waals surface area (Å²) in [6.07, 6.45) is 3.21. The molecule has 1 aliphatic heterocycles. The largest absolute Gasteiger partial charge is 0.494 e. The molecule has 1 fully saturated rings. The number of nitrogens with zero attached hydrogens (tertiary/aromatic N) is 5. The van der Waals surface area contributed by atoms with Crippen LogP contribution >= 0.6 is 11.8 Å². The van der Waals surface area contributed by atoms with E-state index in [-0.39, 0.29) is 0 Å². The molecule has 10 nitrogen and oxygen atoms in total. The fourth-order valence-corrected chi connectivity index (χ4v) is 5.16. The maximum absolute atomic E-state index is 11.2. The van der Waals surface area contributed by atoms with Crippen molar-refractivity contribution in [3.8, 4) is 11.5 Å². The van der Waals surface area contributed by atoms with E-state index in [0.29, 0.717) is 55.7 Å². The molecule has 1 amide bonds. The molecule has 182 valence electrons. The average molecular weight is 487 g/mol. The zero-order valence-electron chi connectivity index (χ0n) is 19.4. The van der Waals surface area contributed by atoms with E-state index in [1.54, 1.807) is 0 Å². The number of hydrogen-bond donors (Lipinski definition) is 2. The summed E-state index contributed by atoms with van der Waals surface area (Å²) in [6.45, 7) is 6.86. The van der Waals surface area contributed by atoms with Crippen LogP contribution in [0.3, 0.4) is 0 Å². The minimum Gasteiger partial charge on any atom is -0.494 e. The molecule has 0 unspecified atom stereocenters. The Morgan fingerprint density at radius 1 is 1.21 bits per heavy atom. The van der Waals surface area contributed by atoms with Gasteiger partial charge in [-0.1, -0.05) is 0 Å². The third-order valence-corrected chi connectivity index (χ3v) is 6.93. The van der Waals surface area contributed by atoms with Crippen LogP contribution in [0.2, 0.25) is 0 Å². The second-order valence-electron chi connectivity index (χ2n) is 8.06. The molecule has 2 aromatic heterocycles. The van der Waals surface area contributed by atoms with Gasteiger partial charge >= 0.3 is 6.09 Å². The minimum absolute atomic E-state index is 0.341. The van der Waals surface area contributed by atoms with Crippen LogP contribution < -0.4 is 15.2 Å². The topological polar surface area (TPSA) is 129 Å². The lowest BCUT2D eigenvalue weighted by Gasteiger charge is -2.30. The third kappa shape index (κ3) is 5.30. The second-order valence-corrected chi connectivity index (χ2v) is 9.06. The lowest BCUT2D eigenvalue weighted by atomic mass is 9.94. The molecule has 0 saturated carbocycles. The van der Waals surface area contributed by atoms with Crippen molar-refractivity contribution in [2.24, 2.45) is 5.92 Å². The Balaban J connectivity index is 1.61. The second kappa shape index (κ2) is 10.8. The summed E-state index contributed by atoms with van der Waals surface area (Å²) in [7, 11) is 0. The summed E-state index contributed by atoms with van der Waals surface area (Å²) < 4.78 is 13.6. The summed E-state index contributed by atoms with van der Waals surface area (Å²) in [6, 6.07) is 5.77. The van der Waals surface area contributed by atoms with Crippen LogP contribution in [-0.2, 0) is 6.54 Å². The highest BCUT2D eigenvalue weighted by molar-refractivity contribution is 7.99. The number of anilines is 1. The number of fused-ring (bicyclic) bond motifs is 1. The molecule has 3 N–H and O–H groups in total. The van der Waals surface area contributed by atoms with Crippen LogP contribution in [0.4, 0.5) is 10.6 Å². The van der Waals surface area contributed by atoms with Crippen LogP contribution in [0.1, 0.15) is 33.1 Å². The van der Waals surface area contributed by atoms with E-state index in [9.17, 15) is 9.90 Å². The van der Waals surface area contributed by atoms with Crippen molar-refractivity contribution in [1.29, 1.82) is 0 Å². The molecule has 3 aromatic rings. The average Bonchev–Trinajstić information content (AvgIpc) is 3.18. The summed E-state index contributed by atoms with van der Waals surface area (Å²) in [5, 5.41) is 9.95. The Bertz CT molecular complexity index is 1150. The first-order chi connectivity index (χ1) is 16.5. The highest BCUT2D eigenvalue weighted by Gasteiger charge is 2.24. The molecule has 0 spiro atoms. The van der Waals surface area contributed by atoms with E-state index in [1.165, 1.54) is 23.0 Å². The first kappa shape index (κ1) is 23.9. The molecule has 1 aliphatic rings. The number of imidazole rings is 1. The van der Waals surface area contributed by atoms with Gasteiger partial charge in [0.05, 0.1) is 18.1 Å². The predicted molar refractivity (Wildman–Crippen MR) is 130 cm³/mol. The van der Waals surface area contributed by atoms with Crippen molar-refractivity contribution in [3.63, 3.8) is 0 Å². The smallest absolute Gasteiger partial charge is 0.407 e. The van der Waals surface area contributed by atoms with E-state index in [4.69, 9.17) is 20.2 Å². The van der Waals surface area contributed by atoms with Gasteiger partial charge in [0.1, 0.15) is 17.8 Å². The van der Waals surface area contributed by atoms with Crippen molar-refractivity contribution in [3.05, 3.63) is 24.5 Å². The lowest BCUT2D eigenvalue weighted by molar-refractivity contribution is 0.122. The Kier molecular flexibility index (Phi) is 7.61. The van der Waals surface area contributed by atoms with E-state index in [2.05, 4.69) is 14.5 Å². The van der Waals surface area contributed by atoms with Gasteiger partial charge < -0.3 is 29.8 Å². The van der Waals surface area contributed by atoms with Gasteiger partial charge in [0.25, 0.3) is 0 Å². The molecule has 11 heteroatoms. The van der Waals surface area contributed by atoms with Gasteiger partial charge in [0, 0.05) is 19.6 Å². The van der Waals surface area contributed by atoms with Crippen molar-refractivity contribution in [2.75, 3.05) is 32.0 Å². The van der Waals surface area contributed by atoms with Gasteiger partial charge in [0.15, 0.2) is 22.1 Å². The molecule has 4 rings (SSSR count). The fraction of sp³-hybridized carbons (Fsp3) is 0.478. The van der Waals surface area contributed by atoms with Crippen LogP contribution in [0.5, 0.6) is 11.5 Å². The number of carboxylic acid groups (broad SMARTS) is 1. The summed E-state index contributed by atoms with van der Waals surface area (Å²) in [4.78, 5) is 26.9. The number of carbonyl (C=O) groups is 1. The zero-order valence-corrected chi connectivity index (χ0v) is 20.3. The fourth-order valence-electron chi connectivity index (χ4n) is 4.14. The Labute approximate surface area is 202 Å². The number of rotatable bonds is 9. The standard InChI is InChI=1S/C23H30N6O4S/c1-3-32-16-5-6-17(33-4-2)18(13-16)34-22-27-19-20(24)25-14-26-21(19)29(22)12-9-15-7-10-28(11-8-15)23(30)31/h5-6,13-15H,3-4,7-12H2,1-2H3,(H,30,31)(H2,24,25,26). The maximum Gasteiger partial charge on any atom is 0.407 e. The summed E-state index contributed by atoms with van der Waals surface area (Å²) >= 11 is 1.48.